The number of ketones is 1. The van der Waals surface area contributed by atoms with Gasteiger partial charge in [0.15, 0.2) is 5.78 Å². The van der Waals surface area contributed by atoms with Gasteiger partial charge in [0.2, 0.25) is 0 Å². The van der Waals surface area contributed by atoms with E-state index in [1.54, 1.807) is 6.08 Å². The summed E-state index contributed by atoms with van der Waals surface area (Å²) in [5.41, 5.74) is 0.766. The summed E-state index contributed by atoms with van der Waals surface area (Å²) in [6, 6.07) is 0. The molecule has 1 saturated heterocycles. The Hall–Kier alpha value is -0.630. The maximum atomic E-state index is 12.1. The summed E-state index contributed by atoms with van der Waals surface area (Å²) in [5, 5.41) is 0. The van der Waals surface area contributed by atoms with Gasteiger partial charge in [0.1, 0.15) is 0 Å². The van der Waals surface area contributed by atoms with Crippen LogP contribution < -0.4 is 0 Å². The van der Waals surface area contributed by atoms with Gasteiger partial charge in [-0.05, 0) is 59.7 Å². The zero-order valence-electron chi connectivity index (χ0n) is 10.5. The van der Waals surface area contributed by atoms with Crippen LogP contribution in [0.25, 0.3) is 0 Å². The number of rotatable bonds is 3. The van der Waals surface area contributed by atoms with Crippen LogP contribution in [0.15, 0.2) is 11.6 Å². The Labute approximate surface area is 93.3 Å². The van der Waals surface area contributed by atoms with Gasteiger partial charge in [-0.15, -0.1) is 0 Å². The average Bonchev–Trinajstić information content (AvgIpc) is 2.18. The number of nitrogens with zero attached hydrogens (tertiary/aromatic N) is 1. The van der Waals surface area contributed by atoms with Crippen LogP contribution in [0.1, 0.15) is 47.0 Å². The van der Waals surface area contributed by atoms with Crippen LogP contribution in [0.2, 0.25) is 0 Å². The molecular formula is C13H23NO. The third-order valence-electron chi connectivity index (χ3n) is 3.17. The second kappa shape index (κ2) is 4.93. The molecule has 0 N–H and O–H groups in total. The maximum absolute atomic E-state index is 12.1. The fraction of sp³-hybridized carbons (Fsp3) is 0.769. The van der Waals surface area contributed by atoms with Crippen molar-refractivity contribution < 1.29 is 4.79 Å². The Kier molecular flexibility index (Phi) is 4.09. The van der Waals surface area contributed by atoms with E-state index in [4.69, 9.17) is 0 Å². The van der Waals surface area contributed by atoms with Crippen molar-refractivity contribution in [2.24, 2.45) is 0 Å². The highest BCUT2D eigenvalue weighted by Gasteiger charge is 2.33. The van der Waals surface area contributed by atoms with Gasteiger partial charge in [-0.2, -0.15) is 0 Å². The van der Waals surface area contributed by atoms with Crippen molar-refractivity contribution in [2.75, 3.05) is 13.1 Å². The molecule has 0 amide bonds. The lowest BCUT2D eigenvalue weighted by atomic mass is 9.92. The molecule has 1 aliphatic rings. The standard InChI is InChI=1S/C13H23NO/c1-11(2)10-12(15)13(3,4)14-8-6-5-7-9-14/h10H,5-9H2,1-4H3. The second-order valence-corrected chi connectivity index (χ2v) is 5.19. The van der Waals surface area contributed by atoms with Gasteiger partial charge in [-0.1, -0.05) is 12.0 Å². The minimum Gasteiger partial charge on any atom is -0.293 e. The third kappa shape index (κ3) is 3.16. The number of hydrogen-bond acceptors (Lipinski definition) is 2. The van der Waals surface area contributed by atoms with Crippen LogP contribution >= 0.6 is 0 Å². The van der Waals surface area contributed by atoms with E-state index in [9.17, 15) is 4.79 Å². The van der Waals surface area contributed by atoms with Crippen LogP contribution in [0, 0.1) is 0 Å². The lowest BCUT2D eigenvalue weighted by molar-refractivity contribution is -0.125. The van der Waals surface area contributed by atoms with Crippen molar-refractivity contribution >= 4 is 5.78 Å². The van der Waals surface area contributed by atoms with E-state index in [0.717, 1.165) is 18.7 Å². The molecule has 15 heavy (non-hydrogen) atoms. The van der Waals surface area contributed by atoms with Gasteiger partial charge in [0.05, 0.1) is 5.54 Å². The number of carbonyl (C=O) groups is 1. The molecule has 0 spiro atoms. The highest BCUT2D eigenvalue weighted by Crippen LogP contribution is 2.22. The smallest absolute Gasteiger partial charge is 0.175 e. The molecule has 0 aliphatic carbocycles. The van der Waals surface area contributed by atoms with Crippen molar-refractivity contribution in [1.29, 1.82) is 0 Å². The molecule has 1 heterocycles. The first-order valence-electron chi connectivity index (χ1n) is 5.89. The molecule has 0 aromatic heterocycles. The monoisotopic (exact) mass is 209 g/mol. The molecule has 0 atom stereocenters. The molecule has 0 aromatic rings. The minimum absolute atomic E-state index is 0.240. The summed E-state index contributed by atoms with van der Waals surface area (Å²) in [6.07, 6.45) is 5.54. The molecule has 1 fully saturated rings. The molecular weight excluding hydrogens is 186 g/mol. The van der Waals surface area contributed by atoms with Gasteiger partial charge < -0.3 is 0 Å². The highest BCUT2D eigenvalue weighted by atomic mass is 16.1. The number of likely N-dealkylation sites (tertiary alicyclic amines) is 1. The van der Waals surface area contributed by atoms with Crippen molar-refractivity contribution in [1.82, 2.24) is 4.90 Å². The van der Waals surface area contributed by atoms with Crippen molar-refractivity contribution in [2.45, 2.75) is 52.5 Å². The Bertz CT molecular complexity index is 256. The number of piperidine rings is 1. The zero-order valence-corrected chi connectivity index (χ0v) is 10.5. The predicted octanol–water partition coefficient (Wildman–Crippen LogP) is 2.79. The van der Waals surface area contributed by atoms with E-state index in [2.05, 4.69) is 4.90 Å². The van der Waals surface area contributed by atoms with E-state index in [-0.39, 0.29) is 11.3 Å². The SMILES string of the molecule is CC(C)=CC(=O)C(C)(C)N1CCCCC1. The lowest BCUT2D eigenvalue weighted by Gasteiger charge is -2.39. The molecule has 0 radical (unpaired) electrons. The molecule has 0 aromatic carbocycles. The van der Waals surface area contributed by atoms with Crippen molar-refractivity contribution in [3.63, 3.8) is 0 Å². The molecule has 2 heteroatoms. The van der Waals surface area contributed by atoms with Crippen molar-refractivity contribution in [3.05, 3.63) is 11.6 Å². The summed E-state index contributed by atoms with van der Waals surface area (Å²) in [4.78, 5) is 14.4. The molecule has 86 valence electrons. The fourth-order valence-electron chi connectivity index (χ4n) is 2.05. The summed E-state index contributed by atoms with van der Waals surface area (Å²) < 4.78 is 0. The third-order valence-corrected chi connectivity index (χ3v) is 3.17. The first-order valence-corrected chi connectivity index (χ1v) is 5.89. The zero-order chi connectivity index (χ0) is 11.5. The number of allylic oxidation sites excluding steroid dienone is 1. The Balaban J connectivity index is 2.71. The van der Waals surface area contributed by atoms with Gasteiger partial charge in [0, 0.05) is 0 Å². The molecule has 0 bridgehead atoms. The Morgan fingerprint density at radius 1 is 1.13 bits per heavy atom. The summed E-state index contributed by atoms with van der Waals surface area (Å²) in [5.74, 6) is 0.240. The summed E-state index contributed by atoms with van der Waals surface area (Å²) in [7, 11) is 0. The maximum Gasteiger partial charge on any atom is 0.175 e. The van der Waals surface area contributed by atoms with Crippen LogP contribution in [0.4, 0.5) is 0 Å². The van der Waals surface area contributed by atoms with Crippen LogP contribution in [-0.4, -0.2) is 29.3 Å². The highest BCUT2D eigenvalue weighted by molar-refractivity contribution is 5.97. The fourth-order valence-corrected chi connectivity index (χ4v) is 2.05. The lowest BCUT2D eigenvalue weighted by Crippen LogP contribution is -2.51. The van der Waals surface area contributed by atoms with Gasteiger partial charge in [-0.25, -0.2) is 0 Å². The van der Waals surface area contributed by atoms with Gasteiger partial charge in [0.25, 0.3) is 0 Å². The average molecular weight is 209 g/mol. The van der Waals surface area contributed by atoms with E-state index >= 15 is 0 Å². The Morgan fingerprint density at radius 3 is 2.13 bits per heavy atom. The van der Waals surface area contributed by atoms with Crippen LogP contribution in [0.3, 0.4) is 0 Å². The van der Waals surface area contributed by atoms with Crippen LogP contribution in [-0.2, 0) is 4.79 Å². The predicted molar refractivity (Wildman–Crippen MR) is 63.9 cm³/mol. The van der Waals surface area contributed by atoms with Crippen molar-refractivity contribution in [3.8, 4) is 0 Å². The van der Waals surface area contributed by atoms with E-state index in [1.807, 2.05) is 27.7 Å². The first-order chi connectivity index (χ1) is 6.94. The molecule has 0 unspecified atom stereocenters. The quantitative estimate of drug-likeness (QED) is 0.666. The number of hydrogen-bond donors (Lipinski definition) is 0. The molecule has 1 rings (SSSR count). The summed E-state index contributed by atoms with van der Waals surface area (Å²) >= 11 is 0. The topological polar surface area (TPSA) is 20.3 Å². The van der Waals surface area contributed by atoms with E-state index in [1.165, 1.54) is 19.3 Å². The Morgan fingerprint density at radius 2 is 1.67 bits per heavy atom. The first kappa shape index (κ1) is 12.4. The minimum atomic E-state index is -0.322. The molecule has 2 nitrogen and oxygen atoms in total. The van der Waals surface area contributed by atoms with Crippen LogP contribution in [0.5, 0.6) is 0 Å². The van der Waals surface area contributed by atoms with Gasteiger partial charge in [-0.3, -0.25) is 9.69 Å². The second-order valence-electron chi connectivity index (χ2n) is 5.19. The van der Waals surface area contributed by atoms with Gasteiger partial charge >= 0.3 is 0 Å². The largest absolute Gasteiger partial charge is 0.293 e. The van der Waals surface area contributed by atoms with E-state index < -0.39 is 0 Å². The molecule has 0 saturated carbocycles. The number of carbonyl (C=O) groups excluding carboxylic acids is 1. The summed E-state index contributed by atoms with van der Waals surface area (Å²) in [6.45, 7) is 10.2. The molecule has 1 aliphatic heterocycles. The van der Waals surface area contributed by atoms with E-state index in [0.29, 0.717) is 0 Å². The normalized spacial score (nSPS) is 18.7.